The summed E-state index contributed by atoms with van der Waals surface area (Å²) in [4.78, 5) is 24.0. The summed E-state index contributed by atoms with van der Waals surface area (Å²) in [5, 5.41) is 10.5. The Morgan fingerprint density at radius 1 is 1.10 bits per heavy atom. The van der Waals surface area contributed by atoms with E-state index >= 15 is 0 Å². The molecule has 1 heterocycles. The second kappa shape index (κ2) is 6.13. The second-order valence-electron chi connectivity index (χ2n) is 4.48. The molecule has 0 radical (unpaired) electrons. The number of hydrogen-bond acceptors (Lipinski definition) is 5. The number of hydrogen-bond donors (Lipinski definition) is 1. The summed E-state index contributed by atoms with van der Waals surface area (Å²) in [5.74, 6) is -0.853. The van der Waals surface area contributed by atoms with Crippen LogP contribution in [0.25, 0.3) is 0 Å². The van der Waals surface area contributed by atoms with Crippen LogP contribution in [0.15, 0.2) is 30.3 Å². The number of carbonyl (C=O) groups excluding carboxylic acids is 2. The first kappa shape index (κ1) is 14.6. The van der Waals surface area contributed by atoms with Crippen LogP contribution in [0.4, 0.5) is 5.69 Å². The van der Waals surface area contributed by atoms with E-state index in [1.165, 1.54) is 7.11 Å². The van der Waals surface area contributed by atoms with Crippen molar-refractivity contribution in [3.8, 4) is 0 Å². The summed E-state index contributed by atoms with van der Waals surface area (Å²) in [6.45, 7) is 3.46. The fourth-order valence-corrected chi connectivity index (χ4v) is 1.85. The fourth-order valence-electron chi connectivity index (χ4n) is 1.85. The van der Waals surface area contributed by atoms with Gasteiger partial charge in [0.1, 0.15) is 0 Å². The predicted molar refractivity (Wildman–Crippen MR) is 77.2 cm³/mol. The molecule has 0 saturated heterocycles. The lowest BCUT2D eigenvalue weighted by Crippen LogP contribution is -2.17. The maximum absolute atomic E-state index is 12.3. The van der Waals surface area contributed by atoms with Crippen molar-refractivity contribution in [3.05, 3.63) is 52.8 Å². The highest BCUT2D eigenvalue weighted by Gasteiger charge is 2.16. The molecule has 0 saturated carbocycles. The van der Waals surface area contributed by atoms with Crippen molar-refractivity contribution in [1.82, 2.24) is 10.2 Å². The molecule has 1 amide bonds. The summed E-state index contributed by atoms with van der Waals surface area (Å²) < 4.78 is 4.69. The van der Waals surface area contributed by atoms with E-state index in [2.05, 4.69) is 15.5 Å². The Kier molecular flexibility index (Phi) is 4.27. The van der Waals surface area contributed by atoms with Gasteiger partial charge in [-0.25, -0.2) is 4.79 Å². The van der Waals surface area contributed by atoms with Gasteiger partial charge in [-0.2, -0.15) is 10.2 Å². The first-order chi connectivity index (χ1) is 10.0. The number of amides is 1. The Labute approximate surface area is 122 Å². The van der Waals surface area contributed by atoms with E-state index in [1.54, 1.807) is 44.2 Å². The molecule has 0 aliphatic carbocycles. The van der Waals surface area contributed by atoms with Gasteiger partial charge in [0, 0.05) is 0 Å². The highest BCUT2D eigenvalue weighted by molar-refractivity contribution is 6.08. The van der Waals surface area contributed by atoms with Gasteiger partial charge in [-0.15, -0.1) is 0 Å². The Bertz CT molecular complexity index is 698. The average Bonchev–Trinajstić information content (AvgIpc) is 2.49. The van der Waals surface area contributed by atoms with Crippen molar-refractivity contribution in [3.63, 3.8) is 0 Å². The maximum atomic E-state index is 12.3. The van der Waals surface area contributed by atoms with E-state index < -0.39 is 5.97 Å². The minimum Gasteiger partial charge on any atom is -0.465 e. The number of esters is 1. The lowest BCUT2D eigenvalue weighted by Gasteiger charge is -2.10. The molecule has 0 bridgehead atoms. The lowest BCUT2D eigenvalue weighted by molar-refractivity contribution is 0.0602. The SMILES string of the molecule is COC(=O)c1ccccc1NC(=O)c1cc(C)nnc1C. The number of rotatable bonds is 3. The van der Waals surface area contributed by atoms with E-state index in [0.29, 0.717) is 28.2 Å². The number of carbonyl (C=O) groups is 2. The zero-order valence-corrected chi connectivity index (χ0v) is 12.0. The normalized spacial score (nSPS) is 10.0. The van der Waals surface area contributed by atoms with Gasteiger partial charge in [0.2, 0.25) is 0 Å². The molecular formula is C15H15N3O3. The Morgan fingerprint density at radius 3 is 2.52 bits per heavy atom. The predicted octanol–water partition coefficient (Wildman–Crippen LogP) is 2.13. The first-order valence-corrected chi connectivity index (χ1v) is 6.32. The van der Waals surface area contributed by atoms with E-state index in [0.717, 1.165) is 0 Å². The molecule has 0 fully saturated rings. The van der Waals surface area contributed by atoms with Crippen LogP contribution in [-0.4, -0.2) is 29.2 Å². The largest absolute Gasteiger partial charge is 0.465 e. The van der Waals surface area contributed by atoms with Gasteiger partial charge >= 0.3 is 5.97 Å². The number of methoxy groups -OCH3 is 1. The molecule has 6 nitrogen and oxygen atoms in total. The third-order valence-electron chi connectivity index (χ3n) is 2.93. The molecule has 108 valence electrons. The number of ether oxygens (including phenoxy) is 1. The minimum absolute atomic E-state index is 0.296. The topological polar surface area (TPSA) is 81.2 Å². The molecule has 0 unspecified atom stereocenters. The third-order valence-corrected chi connectivity index (χ3v) is 2.93. The third kappa shape index (κ3) is 3.22. The molecule has 1 N–H and O–H groups in total. The molecule has 6 heteroatoms. The van der Waals surface area contributed by atoms with Gasteiger partial charge in [0.05, 0.1) is 35.3 Å². The smallest absolute Gasteiger partial charge is 0.339 e. The zero-order valence-electron chi connectivity index (χ0n) is 12.0. The second-order valence-corrected chi connectivity index (χ2v) is 4.48. The van der Waals surface area contributed by atoms with E-state index in [-0.39, 0.29) is 5.91 Å². The van der Waals surface area contributed by atoms with E-state index in [9.17, 15) is 9.59 Å². The van der Waals surface area contributed by atoms with Crippen LogP contribution in [0.1, 0.15) is 32.1 Å². The number of nitrogens with one attached hydrogen (secondary N) is 1. The number of aryl methyl sites for hydroxylation is 2. The molecule has 1 aromatic carbocycles. The molecule has 0 atom stereocenters. The molecular weight excluding hydrogens is 270 g/mol. The van der Waals surface area contributed by atoms with Crippen molar-refractivity contribution in [2.24, 2.45) is 0 Å². The highest BCUT2D eigenvalue weighted by Crippen LogP contribution is 2.17. The maximum Gasteiger partial charge on any atom is 0.339 e. The van der Waals surface area contributed by atoms with Gasteiger partial charge in [-0.05, 0) is 32.0 Å². The van der Waals surface area contributed by atoms with Gasteiger partial charge in [0.25, 0.3) is 5.91 Å². The monoisotopic (exact) mass is 285 g/mol. The summed E-state index contributed by atoms with van der Waals surface area (Å²) in [6.07, 6.45) is 0. The van der Waals surface area contributed by atoms with Gasteiger partial charge in [0.15, 0.2) is 0 Å². The van der Waals surface area contributed by atoms with Crippen molar-refractivity contribution in [1.29, 1.82) is 0 Å². The average molecular weight is 285 g/mol. The molecule has 2 rings (SSSR count). The summed E-state index contributed by atoms with van der Waals surface area (Å²) >= 11 is 0. The Balaban J connectivity index is 2.32. The van der Waals surface area contributed by atoms with Crippen molar-refractivity contribution >= 4 is 17.6 Å². The number of anilines is 1. The minimum atomic E-state index is -0.508. The van der Waals surface area contributed by atoms with Crippen LogP contribution in [0.3, 0.4) is 0 Å². The van der Waals surface area contributed by atoms with Gasteiger partial charge in [-0.3, -0.25) is 4.79 Å². The van der Waals surface area contributed by atoms with Crippen LogP contribution in [0, 0.1) is 13.8 Å². The van der Waals surface area contributed by atoms with Crippen LogP contribution in [0.2, 0.25) is 0 Å². The first-order valence-electron chi connectivity index (χ1n) is 6.32. The summed E-state index contributed by atoms with van der Waals surface area (Å²) in [7, 11) is 1.29. The highest BCUT2D eigenvalue weighted by atomic mass is 16.5. The summed E-state index contributed by atoms with van der Waals surface area (Å²) in [5.41, 5.74) is 2.27. The van der Waals surface area contributed by atoms with E-state index in [1.807, 2.05) is 0 Å². The van der Waals surface area contributed by atoms with Crippen LogP contribution in [0.5, 0.6) is 0 Å². The van der Waals surface area contributed by atoms with Crippen LogP contribution >= 0.6 is 0 Å². The van der Waals surface area contributed by atoms with E-state index in [4.69, 9.17) is 4.74 Å². The fraction of sp³-hybridized carbons (Fsp3) is 0.200. The number of nitrogens with zero attached hydrogens (tertiary/aromatic N) is 2. The molecule has 2 aromatic rings. The number of benzene rings is 1. The molecule has 0 aliphatic heterocycles. The molecule has 0 aliphatic rings. The summed E-state index contributed by atoms with van der Waals surface area (Å²) in [6, 6.07) is 8.31. The van der Waals surface area contributed by atoms with Gasteiger partial charge in [-0.1, -0.05) is 12.1 Å². The van der Waals surface area contributed by atoms with Crippen LogP contribution < -0.4 is 5.32 Å². The zero-order chi connectivity index (χ0) is 15.4. The van der Waals surface area contributed by atoms with Crippen molar-refractivity contribution in [2.75, 3.05) is 12.4 Å². The molecule has 1 aromatic heterocycles. The van der Waals surface area contributed by atoms with Crippen molar-refractivity contribution in [2.45, 2.75) is 13.8 Å². The molecule has 0 spiro atoms. The molecule has 21 heavy (non-hydrogen) atoms. The number of aromatic nitrogens is 2. The lowest BCUT2D eigenvalue weighted by atomic mass is 10.1. The van der Waals surface area contributed by atoms with Crippen molar-refractivity contribution < 1.29 is 14.3 Å². The van der Waals surface area contributed by atoms with Gasteiger partial charge < -0.3 is 10.1 Å². The number of para-hydroxylation sites is 1. The quantitative estimate of drug-likeness (QED) is 0.874. The Hall–Kier alpha value is -2.76. The standard InChI is InChI=1S/C15H15N3O3/c1-9-8-12(10(2)18-17-9)14(19)16-13-7-5-4-6-11(13)15(20)21-3/h4-8H,1-3H3,(H,16,19). The Morgan fingerprint density at radius 2 is 1.81 bits per heavy atom. The van der Waals surface area contributed by atoms with Crippen LogP contribution in [-0.2, 0) is 4.74 Å².